The van der Waals surface area contributed by atoms with Gasteiger partial charge in [-0.3, -0.25) is 0 Å². The van der Waals surface area contributed by atoms with Gasteiger partial charge >= 0.3 is 0 Å². The largest absolute Gasteiger partial charge is 0.493 e. The number of rotatable bonds is 5. The molecule has 0 fully saturated rings. The summed E-state index contributed by atoms with van der Waals surface area (Å²) in [6.45, 7) is 1.93. The molecule has 0 spiro atoms. The highest BCUT2D eigenvalue weighted by atomic mass is 19.1. The zero-order chi connectivity index (χ0) is 15.5. The van der Waals surface area contributed by atoms with Gasteiger partial charge in [0.1, 0.15) is 5.82 Å². The predicted octanol–water partition coefficient (Wildman–Crippen LogP) is 3.26. The van der Waals surface area contributed by atoms with Crippen LogP contribution in [0.15, 0.2) is 42.5 Å². The van der Waals surface area contributed by atoms with Crippen LogP contribution in [-0.4, -0.2) is 14.2 Å². The Hall–Kier alpha value is -2.07. The molecule has 0 radical (unpaired) electrons. The van der Waals surface area contributed by atoms with Crippen LogP contribution in [0, 0.1) is 5.82 Å². The van der Waals surface area contributed by atoms with Gasteiger partial charge in [-0.15, -0.1) is 0 Å². The molecule has 0 saturated heterocycles. The fourth-order valence-corrected chi connectivity index (χ4v) is 2.35. The Balaban J connectivity index is 2.25. The summed E-state index contributed by atoms with van der Waals surface area (Å²) < 4.78 is 23.5. The Bertz CT molecular complexity index is 609. The molecule has 1 atom stereocenters. The van der Waals surface area contributed by atoms with Crippen LogP contribution in [0.2, 0.25) is 0 Å². The summed E-state index contributed by atoms with van der Waals surface area (Å²) >= 11 is 0. The third-order valence-corrected chi connectivity index (χ3v) is 3.52. The van der Waals surface area contributed by atoms with E-state index in [0.717, 1.165) is 11.1 Å². The first-order valence-electron chi connectivity index (χ1n) is 6.72. The van der Waals surface area contributed by atoms with Crippen molar-refractivity contribution in [3.63, 3.8) is 0 Å². The van der Waals surface area contributed by atoms with E-state index in [1.165, 1.54) is 12.1 Å². The van der Waals surface area contributed by atoms with Gasteiger partial charge in [0.15, 0.2) is 11.5 Å². The molecule has 0 amide bonds. The van der Waals surface area contributed by atoms with E-state index in [-0.39, 0.29) is 5.82 Å². The molecular weight excluding hydrogens is 269 g/mol. The van der Waals surface area contributed by atoms with E-state index >= 15 is 0 Å². The summed E-state index contributed by atoms with van der Waals surface area (Å²) in [6, 6.07) is 12.0. The Morgan fingerprint density at radius 1 is 1.00 bits per heavy atom. The van der Waals surface area contributed by atoms with Gasteiger partial charge in [-0.25, -0.2) is 4.39 Å². The molecule has 0 aliphatic carbocycles. The lowest BCUT2D eigenvalue weighted by atomic mass is 9.86. The maximum Gasteiger partial charge on any atom is 0.160 e. The van der Waals surface area contributed by atoms with Crippen molar-refractivity contribution < 1.29 is 13.9 Å². The van der Waals surface area contributed by atoms with Gasteiger partial charge in [0.25, 0.3) is 0 Å². The van der Waals surface area contributed by atoms with E-state index < -0.39 is 5.54 Å². The molecule has 2 N–H and O–H groups in total. The smallest absolute Gasteiger partial charge is 0.160 e. The van der Waals surface area contributed by atoms with Gasteiger partial charge in [-0.05, 0) is 48.7 Å². The molecule has 2 aromatic rings. The molecule has 2 rings (SSSR count). The standard InChI is InChI=1S/C17H20FNO2/c1-17(19,13-5-7-14(18)8-6-13)11-12-4-9-15(20-2)16(10-12)21-3/h4-10H,11,19H2,1-3H3. The Morgan fingerprint density at radius 2 is 1.62 bits per heavy atom. The van der Waals surface area contributed by atoms with Crippen LogP contribution in [0.3, 0.4) is 0 Å². The molecule has 0 aliphatic rings. The summed E-state index contributed by atoms with van der Waals surface area (Å²) in [4.78, 5) is 0. The van der Waals surface area contributed by atoms with E-state index in [1.54, 1.807) is 26.4 Å². The van der Waals surface area contributed by atoms with E-state index in [1.807, 2.05) is 25.1 Å². The Morgan fingerprint density at radius 3 is 2.19 bits per heavy atom. The number of benzene rings is 2. The van der Waals surface area contributed by atoms with Crippen LogP contribution >= 0.6 is 0 Å². The normalized spacial score (nSPS) is 13.6. The average molecular weight is 289 g/mol. The lowest BCUT2D eigenvalue weighted by molar-refractivity contribution is 0.354. The van der Waals surface area contributed by atoms with Crippen molar-refractivity contribution in [2.75, 3.05) is 14.2 Å². The van der Waals surface area contributed by atoms with Gasteiger partial charge in [-0.2, -0.15) is 0 Å². The molecule has 0 aromatic heterocycles. The van der Waals surface area contributed by atoms with Crippen LogP contribution in [0.5, 0.6) is 11.5 Å². The summed E-state index contributed by atoms with van der Waals surface area (Å²) in [5, 5.41) is 0. The predicted molar refractivity (Wildman–Crippen MR) is 81.2 cm³/mol. The van der Waals surface area contributed by atoms with Gasteiger partial charge in [0.05, 0.1) is 14.2 Å². The zero-order valence-electron chi connectivity index (χ0n) is 12.5. The highest BCUT2D eigenvalue weighted by molar-refractivity contribution is 5.43. The summed E-state index contributed by atoms with van der Waals surface area (Å²) in [7, 11) is 3.20. The van der Waals surface area contributed by atoms with E-state index in [9.17, 15) is 4.39 Å². The number of hydrogen-bond donors (Lipinski definition) is 1. The van der Waals surface area contributed by atoms with Crippen LogP contribution in [0.4, 0.5) is 4.39 Å². The van der Waals surface area contributed by atoms with Crippen molar-refractivity contribution in [1.82, 2.24) is 0 Å². The van der Waals surface area contributed by atoms with Crippen molar-refractivity contribution in [3.05, 3.63) is 59.4 Å². The third kappa shape index (κ3) is 3.52. The SMILES string of the molecule is COc1ccc(CC(C)(N)c2ccc(F)cc2)cc1OC. The maximum absolute atomic E-state index is 13.0. The molecule has 1 unspecified atom stereocenters. The quantitative estimate of drug-likeness (QED) is 0.919. The second-order valence-electron chi connectivity index (χ2n) is 5.29. The lowest BCUT2D eigenvalue weighted by Gasteiger charge is -2.26. The van der Waals surface area contributed by atoms with Gasteiger partial charge < -0.3 is 15.2 Å². The minimum atomic E-state index is -0.590. The number of methoxy groups -OCH3 is 2. The molecule has 0 bridgehead atoms. The van der Waals surface area contributed by atoms with E-state index in [2.05, 4.69) is 0 Å². The minimum Gasteiger partial charge on any atom is -0.493 e. The van der Waals surface area contributed by atoms with Crippen molar-refractivity contribution >= 4 is 0 Å². The van der Waals surface area contributed by atoms with Gasteiger partial charge in [0.2, 0.25) is 0 Å². The highest BCUT2D eigenvalue weighted by Gasteiger charge is 2.22. The molecular formula is C17H20FNO2. The number of nitrogens with two attached hydrogens (primary N) is 1. The summed E-state index contributed by atoms with van der Waals surface area (Å²) in [5.74, 6) is 1.09. The average Bonchev–Trinajstić information content (AvgIpc) is 2.47. The first-order valence-corrected chi connectivity index (χ1v) is 6.72. The first kappa shape index (κ1) is 15.3. The van der Waals surface area contributed by atoms with Crippen LogP contribution in [0.25, 0.3) is 0 Å². The second kappa shape index (κ2) is 6.14. The Kier molecular flexibility index (Phi) is 4.48. The summed E-state index contributed by atoms with van der Waals surface area (Å²) in [6.07, 6.45) is 0.610. The minimum absolute atomic E-state index is 0.263. The molecule has 0 heterocycles. The van der Waals surface area contributed by atoms with Crippen molar-refractivity contribution in [1.29, 1.82) is 0 Å². The van der Waals surface area contributed by atoms with E-state index in [0.29, 0.717) is 17.9 Å². The molecule has 2 aromatic carbocycles. The van der Waals surface area contributed by atoms with E-state index in [4.69, 9.17) is 15.2 Å². The number of ether oxygens (including phenoxy) is 2. The number of hydrogen-bond acceptors (Lipinski definition) is 3. The lowest BCUT2D eigenvalue weighted by Crippen LogP contribution is -2.35. The van der Waals surface area contributed by atoms with Crippen molar-refractivity contribution in [2.24, 2.45) is 5.73 Å². The molecule has 112 valence electrons. The second-order valence-corrected chi connectivity index (χ2v) is 5.29. The monoisotopic (exact) mass is 289 g/mol. The van der Waals surface area contributed by atoms with Crippen LogP contribution < -0.4 is 15.2 Å². The molecule has 4 heteroatoms. The summed E-state index contributed by atoms with van der Waals surface area (Å²) in [5.41, 5.74) is 7.72. The van der Waals surface area contributed by atoms with Crippen LogP contribution in [-0.2, 0) is 12.0 Å². The van der Waals surface area contributed by atoms with Crippen molar-refractivity contribution in [3.8, 4) is 11.5 Å². The Labute approximate surface area is 124 Å². The fraction of sp³-hybridized carbons (Fsp3) is 0.294. The fourth-order valence-electron chi connectivity index (χ4n) is 2.35. The first-order chi connectivity index (χ1) is 9.96. The molecule has 0 aliphatic heterocycles. The topological polar surface area (TPSA) is 44.5 Å². The van der Waals surface area contributed by atoms with Crippen molar-refractivity contribution in [2.45, 2.75) is 18.9 Å². The van der Waals surface area contributed by atoms with Crippen LogP contribution in [0.1, 0.15) is 18.1 Å². The maximum atomic E-state index is 13.0. The molecule has 3 nitrogen and oxygen atoms in total. The molecule has 0 saturated carbocycles. The van der Waals surface area contributed by atoms with Gasteiger partial charge in [-0.1, -0.05) is 18.2 Å². The highest BCUT2D eigenvalue weighted by Crippen LogP contribution is 2.30. The van der Waals surface area contributed by atoms with Gasteiger partial charge in [0, 0.05) is 5.54 Å². The number of halogens is 1. The molecule has 21 heavy (non-hydrogen) atoms. The zero-order valence-corrected chi connectivity index (χ0v) is 12.5. The third-order valence-electron chi connectivity index (χ3n) is 3.52.